The van der Waals surface area contributed by atoms with E-state index >= 15 is 0 Å². The third-order valence-corrected chi connectivity index (χ3v) is 4.26. The molecule has 0 aromatic heterocycles. The minimum absolute atomic E-state index is 0.0731. The molecule has 0 aliphatic carbocycles. The first kappa shape index (κ1) is 19.8. The van der Waals surface area contributed by atoms with E-state index in [0.717, 1.165) is 24.9 Å². The smallest absolute Gasteiger partial charge is 0.267 e. The molecule has 0 spiro atoms. The lowest BCUT2D eigenvalue weighted by atomic mass is 10.1. The van der Waals surface area contributed by atoms with Gasteiger partial charge in [0.25, 0.3) is 5.91 Å². The predicted molar refractivity (Wildman–Crippen MR) is 107 cm³/mol. The molecule has 0 atom stereocenters. The van der Waals surface area contributed by atoms with Crippen LogP contribution in [0.4, 0.5) is 11.4 Å². The third-order valence-electron chi connectivity index (χ3n) is 3.70. The zero-order valence-corrected chi connectivity index (χ0v) is 15.9. The number of amides is 1. The number of benzene rings is 2. The maximum absolute atomic E-state index is 12.3. The van der Waals surface area contributed by atoms with Crippen LogP contribution in [0.5, 0.6) is 0 Å². The fourth-order valence-corrected chi connectivity index (χ4v) is 2.57. The molecule has 2 aromatic rings. The van der Waals surface area contributed by atoms with Crippen LogP contribution in [-0.2, 0) is 11.2 Å². The normalized spacial score (nSPS) is 10.9. The van der Waals surface area contributed by atoms with E-state index in [1.54, 1.807) is 12.1 Å². The van der Waals surface area contributed by atoms with Gasteiger partial charge in [0.2, 0.25) is 0 Å². The molecule has 2 aromatic carbocycles. The highest BCUT2D eigenvalue weighted by Crippen LogP contribution is 2.25. The molecule has 0 fully saturated rings. The molecule has 4 nitrogen and oxygen atoms in total. The van der Waals surface area contributed by atoms with E-state index in [-0.39, 0.29) is 5.57 Å². The first-order chi connectivity index (χ1) is 12.5. The van der Waals surface area contributed by atoms with Crippen LogP contribution in [0.25, 0.3) is 0 Å². The number of carbonyl (C=O) groups excluding carboxylic acids is 1. The number of hydrogen-bond acceptors (Lipinski definition) is 3. The zero-order chi connectivity index (χ0) is 18.9. The summed E-state index contributed by atoms with van der Waals surface area (Å²) >= 11 is 11.9. The van der Waals surface area contributed by atoms with Crippen molar-refractivity contribution in [2.24, 2.45) is 0 Å². The molecule has 0 aliphatic rings. The monoisotopic (exact) mass is 387 g/mol. The first-order valence-corrected chi connectivity index (χ1v) is 9.01. The second kappa shape index (κ2) is 9.86. The van der Waals surface area contributed by atoms with Crippen LogP contribution in [0.1, 0.15) is 25.3 Å². The molecule has 26 heavy (non-hydrogen) atoms. The standard InChI is InChI=1S/C20H19Cl2N3O/c1-2-3-4-14-5-8-17(9-6-14)24-13-15(12-23)20(26)25-19-11-16(21)7-10-18(19)22/h5-11,13,24H,2-4H2,1H3,(H,25,26)/b15-13-. The van der Waals surface area contributed by atoms with Gasteiger partial charge in [0, 0.05) is 16.9 Å². The van der Waals surface area contributed by atoms with Crippen molar-refractivity contribution in [1.29, 1.82) is 5.26 Å². The van der Waals surface area contributed by atoms with Gasteiger partial charge in [0.15, 0.2) is 0 Å². The summed E-state index contributed by atoms with van der Waals surface area (Å²) in [5, 5.41) is 15.6. The Bertz CT molecular complexity index is 839. The molecule has 0 aliphatic heterocycles. The Hall–Kier alpha value is -2.48. The molecule has 0 saturated carbocycles. The summed E-state index contributed by atoms with van der Waals surface area (Å²) in [5.74, 6) is -0.566. The number of rotatable bonds is 7. The molecule has 0 radical (unpaired) electrons. The van der Waals surface area contributed by atoms with E-state index in [1.165, 1.54) is 17.8 Å². The topological polar surface area (TPSA) is 64.9 Å². The number of carbonyl (C=O) groups is 1. The summed E-state index contributed by atoms with van der Waals surface area (Å²) in [5.41, 5.74) is 2.34. The van der Waals surface area contributed by atoms with Crippen molar-refractivity contribution in [3.8, 4) is 6.07 Å². The van der Waals surface area contributed by atoms with Crippen molar-refractivity contribution in [2.75, 3.05) is 10.6 Å². The van der Waals surface area contributed by atoms with Gasteiger partial charge in [0.05, 0.1) is 10.7 Å². The van der Waals surface area contributed by atoms with Gasteiger partial charge in [0.1, 0.15) is 11.6 Å². The Balaban J connectivity index is 2.04. The van der Waals surface area contributed by atoms with Crippen LogP contribution in [-0.4, -0.2) is 5.91 Å². The second-order valence-corrected chi connectivity index (χ2v) is 6.54. The molecule has 2 rings (SSSR count). The van der Waals surface area contributed by atoms with Gasteiger partial charge in [-0.2, -0.15) is 5.26 Å². The van der Waals surface area contributed by atoms with Gasteiger partial charge in [-0.25, -0.2) is 0 Å². The fraction of sp³-hybridized carbons (Fsp3) is 0.200. The molecular weight excluding hydrogens is 369 g/mol. The van der Waals surface area contributed by atoms with E-state index in [9.17, 15) is 10.1 Å². The largest absolute Gasteiger partial charge is 0.360 e. The summed E-state index contributed by atoms with van der Waals surface area (Å²) in [4.78, 5) is 12.3. The Labute approximate surface area is 163 Å². The molecule has 1 amide bonds. The SMILES string of the molecule is CCCCc1ccc(N/C=C(/C#N)C(=O)Nc2cc(Cl)ccc2Cl)cc1. The lowest BCUT2D eigenvalue weighted by Gasteiger charge is -2.08. The third kappa shape index (κ3) is 5.80. The Morgan fingerprint density at radius 2 is 1.92 bits per heavy atom. The quantitative estimate of drug-likeness (QED) is 0.466. The molecule has 0 saturated heterocycles. The number of nitriles is 1. The van der Waals surface area contributed by atoms with Gasteiger partial charge < -0.3 is 10.6 Å². The number of anilines is 2. The lowest BCUT2D eigenvalue weighted by molar-refractivity contribution is -0.112. The Morgan fingerprint density at radius 3 is 2.58 bits per heavy atom. The summed E-state index contributed by atoms with van der Waals surface area (Å²) < 4.78 is 0. The second-order valence-electron chi connectivity index (χ2n) is 5.69. The van der Waals surface area contributed by atoms with E-state index in [1.807, 2.05) is 30.3 Å². The average Bonchev–Trinajstić information content (AvgIpc) is 2.64. The highest BCUT2D eigenvalue weighted by molar-refractivity contribution is 6.35. The van der Waals surface area contributed by atoms with Crippen molar-refractivity contribution in [3.63, 3.8) is 0 Å². The number of unbranched alkanes of at least 4 members (excludes halogenated alkanes) is 1. The van der Waals surface area contributed by atoms with Crippen LogP contribution in [0.3, 0.4) is 0 Å². The number of nitrogens with zero attached hydrogens (tertiary/aromatic N) is 1. The number of aryl methyl sites for hydroxylation is 1. The van der Waals surface area contributed by atoms with Gasteiger partial charge in [-0.1, -0.05) is 48.7 Å². The van der Waals surface area contributed by atoms with Crippen molar-refractivity contribution >= 4 is 40.5 Å². The van der Waals surface area contributed by atoms with Crippen LogP contribution >= 0.6 is 23.2 Å². The summed E-state index contributed by atoms with van der Waals surface area (Å²) in [6.07, 6.45) is 4.71. The van der Waals surface area contributed by atoms with E-state index < -0.39 is 5.91 Å². The number of nitrogens with one attached hydrogen (secondary N) is 2. The molecule has 2 N–H and O–H groups in total. The maximum Gasteiger partial charge on any atom is 0.267 e. The zero-order valence-electron chi connectivity index (χ0n) is 14.4. The van der Waals surface area contributed by atoms with Crippen molar-refractivity contribution in [1.82, 2.24) is 0 Å². The minimum atomic E-state index is -0.566. The Kier molecular flexibility index (Phi) is 7.53. The number of hydrogen-bond donors (Lipinski definition) is 2. The molecule has 0 bridgehead atoms. The van der Waals surface area contributed by atoms with E-state index in [2.05, 4.69) is 17.6 Å². The van der Waals surface area contributed by atoms with Crippen LogP contribution in [0, 0.1) is 11.3 Å². The van der Waals surface area contributed by atoms with Gasteiger partial charge in [-0.3, -0.25) is 4.79 Å². The minimum Gasteiger partial charge on any atom is -0.360 e. The van der Waals surface area contributed by atoms with Crippen molar-refractivity contribution < 1.29 is 4.79 Å². The van der Waals surface area contributed by atoms with Gasteiger partial charge in [-0.05, 0) is 48.7 Å². The highest BCUT2D eigenvalue weighted by atomic mass is 35.5. The first-order valence-electron chi connectivity index (χ1n) is 8.25. The summed E-state index contributed by atoms with van der Waals surface area (Å²) in [7, 11) is 0. The summed E-state index contributed by atoms with van der Waals surface area (Å²) in [6.45, 7) is 2.16. The number of halogens is 2. The Morgan fingerprint density at radius 1 is 1.19 bits per heavy atom. The van der Waals surface area contributed by atoms with Crippen molar-refractivity contribution in [2.45, 2.75) is 26.2 Å². The van der Waals surface area contributed by atoms with E-state index in [0.29, 0.717) is 15.7 Å². The molecule has 134 valence electrons. The lowest BCUT2D eigenvalue weighted by Crippen LogP contribution is -2.14. The van der Waals surface area contributed by atoms with Crippen LogP contribution < -0.4 is 10.6 Å². The van der Waals surface area contributed by atoms with Crippen LogP contribution in [0.15, 0.2) is 54.2 Å². The highest BCUT2D eigenvalue weighted by Gasteiger charge is 2.11. The van der Waals surface area contributed by atoms with Gasteiger partial charge in [-0.15, -0.1) is 0 Å². The van der Waals surface area contributed by atoms with Gasteiger partial charge >= 0.3 is 0 Å². The predicted octanol–water partition coefficient (Wildman–Crippen LogP) is 5.79. The van der Waals surface area contributed by atoms with Crippen LogP contribution in [0.2, 0.25) is 10.0 Å². The van der Waals surface area contributed by atoms with E-state index in [4.69, 9.17) is 23.2 Å². The molecule has 0 heterocycles. The molecule has 6 heteroatoms. The maximum atomic E-state index is 12.3. The average molecular weight is 388 g/mol. The van der Waals surface area contributed by atoms with Crippen molar-refractivity contribution in [3.05, 3.63) is 69.8 Å². The fourth-order valence-electron chi connectivity index (χ4n) is 2.24. The molecular formula is C20H19Cl2N3O. The molecule has 0 unspecified atom stereocenters. The summed E-state index contributed by atoms with van der Waals surface area (Å²) in [6, 6.07) is 14.5.